The predicted molar refractivity (Wildman–Crippen MR) is 61.7 cm³/mol. The van der Waals surface area contributed by atoms with Gasteiger partial charge in [-0.15, -0.1) is 0 Å². The van der Waals surface area contributed by atoms with E-state index in [1.165, 1.54) is 12.1 Å². The molecule has 0 fully saturated rings. The molecule has 1 aromatic heterocycles. The number of hydrogen-bond acceptors (Lipinski definition) is 4. The number of nitrogens with zero attached hydrogens (tertiary/aromatic N) is 2. The highest BCUT2D eigenvalue weighted by Crippen LogP contribution is 2.16. The van der Waals surface area contributed by atoms with Gasteiger partial charge in [-0.1, -0.05) is 12.1 Å². The molecule has 0 aliphatic carbocycles. The summed E-state index contributed by atoms with van der Waals surface area (Å²) in [5.41, 5.74) is 6.52. The van der Waals surface area contributed by atoms with Gasteiger partial charge in [0.1, 0.15) is 5.82 Å². The van der Waals surface area contributed by atoms with Gasteiger partial charge in [-0.05, 0) is 30.7 Å². The molecule has 2 N–H and O–H groups in total. The Morgan fingerprint density at radius 1 is 1.35 bits per heavy atom. The molecular weight excluding hydrogens is 221 g/mol. The van der Waals surface area contributed by atoms with E-state index in [4.69, 9.17) is 10.3 Å². The summed E-state index contributed by atoms with van der Waals surface area (Å²) in [5.74, 6) is 0.687. The van der Waals surface area contributed by atoms with Crippen LogP contribution in [0, 0.1) is 5.82 Å². The van der Waals surface area contributed by atoms with Crippen LogP contribution in [0.2, 0.25) is 0 Å². The Kier molecular flexibility index (Phi) is 3.49. The molecule has 90 valence electrons. The van der Waals surface area contributed by atoms with Gasteiger partial charge in [0.05, 0.1) is 0 Å². The smallest absolute Gasteiger partial charge is 0.228 e. The summed E-state index contributed by atoms with van der Waals surface area (Å²) >= 11 is 0. The molecule has 1 heterocycles. The van der Waals surface area contributed by atoms with Gasteiger partial charge in [-0.3, -0.25) is 0 Å². The quantitative estimate of drug-likeness (QED) is 0.881. The van der Waals surface area contributed by atoms with Crippen LogP contribution >= 0.6 is 0 Å². The second-order valence-electron chi connectivity index (χ2n) is 3.89. The van der Waals surface area contributed by atoms with Crippen molar-refractivity contribution in [3.05, 3.63) is 36.0 Å². The lowest BCUT2D eigenvalue weighted by atomic mass is 10.2. The molecule has 0 aliphatic heterocycles. The second kappa shape index (κ2) is 5.05. The van der Waals surface area contributed by atoms with Crippen molar-refractivity contribution in [1.29, 1.82) is 0 Å². The molecule has 2 rings (SSSR count). The number of hydrogen-bond donors (Lipinski definition) is 1. The molecule has 5 heteroatoms. The number of halogens is 1. The van der Waals surface area contributed by atoms with Crippen LogP contribution in [0.3, 0.4) is 0 Å². The highest BCUT2D eigenvalue weighted by Gasteiger charge is 2.11. The lowest BCUT2D eigenvalue weighted by Crippen LogP contribution is -2.21. The van der Waals surface area contributed by atoms with Crippen LogP contribution in [0.4, 0.5) is 4.39 Å². The Balaban J connectivity index is 2.15. The van der Waals surface area contributed by atoms with Crippen molar-refractivity contribution in [2.75, 3.05) is 0 Å². The molecule has 0 bridgehead atoms. The summed E-state index contributed by atoms with van der Waals surface area (Å²) < 4.78 is 17.8. The Morgan fingerprint density at radius 2 is 2.06 bits per heavy atom. The zero-order valence-electron chi connectivity index (χ0n) is 9.56. The summed E-state index contributed by atoms with van der Waals surface area (Å²) in [6.07, 6.45) is 1.42. The minimum Gasteiger partial charge on any atom is -0.339 e. The fourth-order valence-corrected chi connectivity index (χ4v) is 1.42. The highest BCUT2D eigenvalue weighted by atomic mass is 19.1. The maximum atomic E-state index is 12.7. The van der Waals surface area contributed by atoms with Crippen LogP contribution in [0.25, 0.3) is 11.4 Å². The molecule has 4 nitrogen and oxygen atoms in total. The van der Waals surface area contributed by atoms with E-state index >= 15 is 0 Å². The van der Waals surface area contributed by atoms with Gasteiger partial charge in [-0.25, -0.2) is 4.39 Å². The Bertz CT molecular complexity index is 481. The van der Waals surface area contributed by atoms with E-state index < -0.39 is 0 Å². The maximum absolute atomic E-state index is 12.7. The van der Waals surface area contributed by atoms with Crippen LogP contribution in [0.15, 0.2) is 28.8 Å². The zero-order chi connectivity index (χ0) is 12.3. The van der Waals surface area contributed by atoms with Gasteiger partial charge >= 0.3 is 0 Å². The molecule has 0 spiro atoms. The molecule has 0 aliphatic rings. The third-order valence-corrected chi connectivity index (χ3v) is 2.53. The van der Waals surface area contributed by atoms with Gasteiger partial charge in [0.2, 0.25) is 11.7 Å². The fourth-order valence-electron chi connectivity index (χ4n) is 1.42. The minimum atomic E-state index is -0.287. The van der Waals surface area contributed by atoms with Crippen LogP contribution < -0.4 is 5.73 Å². The largest absolute Gasteiger partial charge is 0.339 e. The molecule has 1 aromatic carbocycles. The minimum absolute atomic E-state index is 0.0246. The van der Waals surface area contributed by atoms with E-state index in [0.29, 0.717) is 18.1 Å². The second-order valence-corrected chi connectivity index (χ2v) is 3.89. The SMILES string of the molecule is CCC(N)Cc1nc(-c2ccc(F)cc2)no1. The molecular formula is C12H14FN3O. The number of aromatic nitrogens is 2. The van der Waals surface area contributed by atoms with Gasteiger partial charge in [0.15, 0.2) is 0 Å². The highest BCUT2D eigenvalue weighted by molar-refractivity contribution is 5.53. The van der Waals surface area contributed by atoms with E-state index in [1.807, 2.05) is 6.92 Å². The predicted octanol–water partition coefficient (Wildman–Crippen LogP) is 2.16. The Morgan fingerprint density at radius 3 is 2.71 bits per heavy atom. The van der Waals surface area contributed by atoms with Crippen LogP contribution in [-0.2, 0) is 6.42 Å². The topological polar surface area (TPSA) is 64.9 Å². The first-order valence-electron chi connectivity index (χ1n) is 5.53. The van der Waals surface area contributed by atoms with E-state index in [9.17, 15) is 4.39 Å². The lowest BCUT2D eigenvalue weighted by Gasteiger charge is -2.02. The van der Waals surface area contributed by atoms with Crippen molar-refractivity contribution in [2.45, 2.75) is 25.8 Å². The molecule has 0 radical (unpaired) electrons. The normalized spacial score (nSPS) is 12.6. The summed E-state index contributed by atoms with van der Waals surface area (Å²) in [5, 5.41) is 3.84. The maximum Gasteiger partial charge on any atom is 0.228 e. The molecule has 0 saturated heterocycles. The van der Waals surface area contributed by atoms with E-state index in [0.717, 1.165) is 12.0 Å². The van der Waals surface area contributed by atoms with Gasteiger partial charge in [0, 0.05) is 18.0 Å². The van der Waals surface area contributed by atoms with Crippen molar-refractivity contribution in [1.82, 2.24) is 10.1 Å². The summed E-state index contributed by atoms with van der Waals surface area (Å²) in [6.45, 7) is 2.00. The molecule has 1 unspecified atom stereocenters. The van der Waals surface area contributed by atoms with Crippen LogP contribution in [-0.4, -0.2) is 16.2 Å². The van der Waals surface area contributed by atoms with Gasteiger partial charge in [-0.2, -0.15) is 4.98 Å². The van der Waals surface area contributed by atoms with E-state index in [-0.39, 0.29) is 11.9 Å². The fraction of sp³-hybridized carbons (Fsp3) is 0.333. The van der Waals surface area contributed by atoms with Crippen LogP contribution in [0.5, 0.6) is 0 Å². The van der Waals surface area contributed by atoms with Crippen molar-refractivity contribution in [3.8, 4) is 11.4 Å². The van der Waals surface area contributed by atoms with Crippen molar-refractivity contribution >= 4 is 0 Å². The number of rotatable bonds is 4. The molecule has 0 amide bonds. The average Bonchev–Trinajstić information content (AvgIpc) is 2.78. The summed E-state index contributed by atoms with van der Waals surface area (Å²) in [4.78, 5) is 4.22. The number of benzene rings is 1. The standard InChI is InChI=1S/C12H14FN3O/c1-2-10(14)7-11-15-12(16-17-11)8-3-5-9(13)6-4-8/h3-6,10H,2,7,14H2,1H3. The summed E-state index contributed by atoms with van der Waals surface area (Å²) in [7, 11) is 0. The first-order chi connectivity index (χ1) is 8.19. The lowest BCUT2D eigenvalue weighted by molar-refractivity contribution is 0.368. The molecule has 2 aromatic rings. The summed E-state index contributed by atoms with van der Waals surface area (Å²) in [6, 6.07) is 5.98. The third kappa shape index (κ3) is 2.88. The third-order valence-electron chi connectivity index (χ3n) is 2.53. The first kappa shape index (κ1) is 11.7. The van der Waals surface area contributed by atoms with Crippen molar-refractivity contribution < 1.29 is 8.91 Å². The van der Waals surface area contributed by atoms with E-state index in [2.05, 4.69) is 10.1 Å². The Labute approximate surface area is 98.6 Å². The number of nitrogens with two attached hydrogens (primary N) is 1. The van der Waals surface area contributed by atoms with E-state index in [1.54, 1.807) is 12.1 Å². The first-order valence-corrected chi connectivity index (χ1v) is 5.53. The zero-order valence-corrected chi connectivity index (χ0v) is 9.56. The molecule has 0 saturated carbocycles. The Hall–Kier alpha value is -1.75. The van der Waals surface area contributed by atoms with Crippen molar-refractivity contribution in [2.24, 2.45) is 5.73 Å². The average molecular weight is 235 g/mol. The molecule has 17 heavy (non-hydrogen) atoms. The monoisotopic (exact) mass is 235 g/mol. The van der Waals surface area contributed by atoms with Gasteiger partial charge < -0.3 is 10.3 Å². The molecule has 1 atom stereocenters. The van der Waals surface area contributed by atoms with Crippen molar-refractivity contribution in [3.63, 3.8) is 0 Å². The van der Waals surface area contributed by atoms with Gasteiger partial charge in [0.25, 0.3) is 0 Å². The van der Waals surface area contributed by atoms with Crippen LogP contribution in [0.1, 0.15) is 19.2 Å².